The Labute approximate surface area is 126 Å². The minimum absolute atomic E-state index is 0.0529. The number of hydrogen-bond acceptors (Lipinski definition) is 4. The number of rotatable bonds is 5. The molecule has 1 aromatic rings. The molecule has 21 heavy (non-hydrogen) atoms. The normalized spacial score (nSPS) is 26.5. The standard InChI is InChI=1S/C16H25N3O2/c1-10(16-11(2)18-19-12(16)3)17-15(21)8-7-13-5-4-6-14(20)9-13/h4-6,9-12,16,18-20H,7-8H2,1-3H3,(H,17,21). The van der Waals surface area contributed by atoms with Gasteiger partial charge in [-0.2, -0.15) is 0 Å². The van der Waals surface area contributed by atoms with Crippen LogP contribution in [0.3, 0.4) is 0 Å². The molecule has 1 saturated heterocycles. The molecular formula is C16H25N3O2. The lowest BCUT2D eigenvalue weighted by molar-refractivity contribution is -0.122. The van der Waals surface area contributed by atoms with E-state index in [-0.39, 0.29) is 17.7 Å². The third-order valence-electron chi connectivity index (χ3n) is 4.21. The summed E-state index contributed by atoms with van der Waals surface area (Å²) >= 11 is 0. The van der Waals surface area contributed by atoms with Crippen LogP contribution in [0.1, 0.15) is 32.8 Å². The zero-order chi connectivity index (χ0) is 15.4. The Hall–Kier alpha value is -1.59. The Morgan fingerprint density at radius 2 is 2.00 bits per heavy atom. The maximum absolute atomic E-state index is 12.1. The maximum Gasteiger partial charge on any atom is 0.220 e. The maximum atomic E-state index is 12.1. The summed E-state index contributed by atoms with van der Waals surface area (Å²) in [4.78, 5) is 12.1. The topological polar surface area (TPSA) is 73.4 Å². The molecule has 3 unspecified atom stereocenters. The van der Waals surface area contributed by atoms with Crippen LogP contribution in [-0.4, -0.2) is 29.1 Å². The van der Waals surface area contributed by atoms with Crippen molar-refractivity contribution in [3.8, 4) is 5.75 Å². The van der Waals surface area contributed by atoms with Crippen molar-refractivity contribution in [1.29, 1.82) is 0 Å². The van der Waals surface area contributed by atoms with Crippen molar-refractivity contribution in [3.05, 3.63) is 29.8 Å². The molecule has 5 nitrogen and oxygen atoms in total. The number of hydrazine groups is 1. The molecule has 0 bridgehead atoms. The quantitative estimate of drug-likeness (QED) is 0.660. The highest BCUT2D eigenvalue weighted by molar-refractivity contribution is 5.76. The molecule has 0 aliphatic carbocycles. The first-order valence-electron chi connectivity index (χ1n) is 7.55. The number of amides is 1. The van der Waals surface area contributed by atoms with E-state index in [0.717, 1.165) is 5.56 Å². The van der Waals surface area contributed by atoms with E-state index in [1.165, 1.54) is 0 Å². The number of aryl methyl sites for hydroxylation is 1. The summed E-state index contributed by atoms with van der Waals surface area (Å²) in [6.07, 6.45) is 1.07. The summed E-state index contributed by atoms with van der Waals surface area (Å²) in [6, 6.07) is 7.84. The molecule has 116 valence electrons. The Morgan fingerprint density at radius 1 is 1.33 bits per heavy atom. The second kappa shape index (κ2) is 6.91. The fraction of sp³-hybridized carbons (Fsp3) is 0.562. The van der Waals surface area contributed by atoms with Crippen LogP contribution in [0.5, 0.6) is 5.75 Å². The molecule has 1 amide bonds. The van der Waals surface area contributed by atoms with Crippen molar-refractivity contribution in [2.45, 2.75) is 51.7 Å². The van der Waals surface area contributed by atoms with E-state index in [1.807, 2.05) is 6.07 Å². The van der Waals surface area contributed by atoms with Crippen molar-refractivity contribution >= 4 is 5.91 Å². The van der Waals surface area contributed by atoms with Crippen LogP contribution in [0.4, 0.5) is 0 Å². The van der Waals surface area contributed by atoms with E-state index in [0.29, 0.717) is 30.8 Å². The van der Waals surface area contributed by atoms with Crippen molar-refractivity contribution in [3.63, 3.8) is 0 Å². The second-order valence-corrected chi connectivity index (χ2v) is 5.97. The van der Waals surface area contributed by atoms with Gasteiger partial charge in [-0.3, -0.25) is 15.6 Å². The molecular weight excluding hydrogens is 266 g/mol. The predicted molar refractivity (Wildman–Crippen MR) is 82.7 cm³/mol. The number of hydrogen-bond donors (Lipinski definition) is 4. The van der Waals surface area contributed by atoms with Crippen LogP contribution < -0.4 is 16.2 Å². The molecule has 1 aliphatic heterocycles. The molecule has 2 rings (SSSR count). The van der Waals surface area contributed by atoms with Gasteiger partial charge < -0.3 is 10.4 Å². The lowest BCUT2D eigenvalue weighted by Crippen LogP contribution is -2.44. The molecule has 1 aliphatic rings. The molecule has 0 saturated carbocycles. The Balaban J connectivity index is 1.81. The predicted octanol–water partition coefficient (Wildman–Crippen LogP) is 1.33. The third kappa shape index (κ3) is 4.19. The van der Waals surface area contributed by atoms with E-state index in [9.17, 15) is 9.90 Å². The minimum atomic E-state index is 0.0529. The van der Waals surface area contributed by atoms with E-state index in [1.54, 1.807) is 18.2 Å². The number of carbonyl (C=O) groups excluding carboxylic acids is 1. The first-order valence-corrected chi connectivity index (χ1v) is 7.55. The highest BCUT2D eigenvalue weighted by Crippen LogP contribution is 2.19. The van der Waals surface area contributed by atoms with Gasteiger partial charge in [0.05, 0.1) is 0 Å². The molecule has 1 fully saturated rings. The molecule has 4 N–H and O–H groups in total. The number of aromatic hydroxyl groups is 1. The molecule has 1 heterocycles. The summed E-state index contributed by atoms with van der Waals surface area (Å²) in [6.45, 7) is 6.30. The molecule has 0 aromatic heterocycles. The van der Waals surface area contributed by atoms with Gasteiger partial charge in [-0.05, 0) is 44.9 Å². The summed E-state index contributed by atoms with van der Waals surface area (Å²) in [7, 11) is 0. The highest BCUT2D eigenvalue weighted by Gasteiger charge is 2.34. The van der Waals surface area contributed by atoms with Gasteiger partial charge in [-0.15, -0.1) is 0 Å². The average Bonchev–Trinajstić information content (AvgIpc) is 2.76. The third-order valence-corrected chi connectivity index (χ3v) is 4.21. The fourth-order valence-electron chi connectivity index (χ4n) is 3.15. The van der Waals surface area contributed by atoms with E-state index in [2.05, 4.69) is 36.9 Å². The van der Waals surface area contributed by atoms with Crippen molar-refractivity contribution < 1.29 is 9.90 Å². The van der Waals surface area contributed by atoms with Crippen LogP contribution in [0.15, 0.2) is 24.3 Å². The lowest BCUT2D eigenvalue weighted by atomic mass is 9.89. The molecule has 3 atom stereocenters. The minimum Gasteiger partial charge on any atom is -0.508 e. The first-order chi connectivity index (χ1) is 9.97. The van der Waals surface area contributed by atoms with E-state index < -0.39 is 0 Å². The number of phenolic OH excluding ortho intramolecular Hbond substituents is 1. The number of nitrogens with one attached hydrogen (secondary N) is 3. The first kappa shape index (κ1) is 15.8. The lowest BCUT2D eigenvalue weighted by Gasteiger charge is -2.26. The summed E-state index contributed by atoms with van der Waals surface area (Å²) in [5, 5.41) is 12.5. The van der Waals surface area contributed by atoms with Gasteiger partial charge >= 0.3 is 0 Å². The van der Waals surface area contributed by atoms with Crippen LogP contribution in [0.25, 0.3) is 0 Å². The van der Waals surface area contributed by atoms with Gasteiger partial charge in [0, 0.05) is 30.5 Å². The fourth-order valence-corrected chi connectivity index (χ4v) is 3.15. The number of phenols is 1. The number of carbonyl (C=O) groups is 1. The summed E-state index contributed by atoms with van der Waals surface area (Å²) < 4.78 is 0. The van der Waals surface area contributed by atoms with Gasteiger partial charge in [0.25, 0.3) is 0 Å². The number of benzene rings is 1. The molecule has 5 heteroatoms. The molecule has 1 aromatic carbocycles. The van der Waals surface area contributed by atoms with Crippen LogP contribution >= 0.6 is 0 Å². The van der Waals surface area contributed by atoms with Gasteiger partial charge in [0.1, 0.15) is 5.75 Å². The van der Waals surface area contributed by atoms with Crippen LogP contribution in [-0.2, 0) is 11.2 Å². The van der Waals surface area contributed by atoms with E-state index in [4.69, 9.17) is 0 Å². The van der Waals surface area contributed by atoms with Gasteiger partial charge in [0.2, 0.25) is 5.91 Å². The summed E-state index contributed by atoms with van der Waals surface area (Å²) in [5.74, 6) is 0.666. The monoisotopic (exact) mass is 291 g/mol. The van der Waals surface area contributed by atoms with Crippen LogP contribution in [0, 0.1) is 5.92 Å². The van der Waals surface area contributed by atoms with Gasteiger partial charge in [-0.25, -0.2) is 0 Å². The van der Waals surface area contributed by atoms with Crippen LogP contribution in [0.2, 0.25) is 0 Å². The van der Waals surface area contributed by atoms with Crippen molar-refractivity contribution in [2.24, 2.45) is 5.92 Å². The summed E-state index contributed by atoms with van der Waals surface area (Å²) in [5.41, 5.74) is 7.39. The highest BCUT2D eigenvalue weighted by atomic mass is 16.3. The smallest absolute Gasteiger partial charge is 0.220 e. The van der Waals surface area contributed by atoms with Gasteiger partial charge in [-0.1, -0.05) is 12.1 Å². The Bertz CT molecular complexity index is 482. The second-order valence-electron chi connectivity index (χ2n) is 5.97. The zero-order valence-corrected chi connectivity index (χ0v) is 12.9. The van der Waals surface area contributed by atoms with Gasteiger partial charge in [0.15, 0.2) is 0 Å². The zero-order valence-electron chi connectivity index (χ0n) is 12.9. The Kier molecular flexibility index (Phi) is 5.20. The molecule has 0 radical (unpaired) electrons. The van der Waals surface area contributed by atoms with E-state index >= 15 is 0 Å². The van der Waals surface area contributed by atoms with Crippen molar-refractivity contribution in [2.75, 3.05) is 0 Å². The van der Waals surface area contributed by atoms with Crippen molar-refractivity contribution in [1.82, 2.24) is 16.2 Å². The average molecular weight is 291 g/mol. The largest absolute Gasteiger partial charge is 0.508 e. The SMILES string of the molecule is CC1NNC(C)C1C(C)NC(=O)CCc1cccc(O)c1. The molecule has 0 spiro atoms. The Morgan fingerprint density at radius 3 is 2.62 bits per heavy atom.